The van der Waals surface area contributed by atoms with Gasteiger partial charge in [-0.1, -0.05) is 6.07 Å². The van der Waals surface area contributed by atoms with Crippen molar-refractivity contribution in [2.45, 2.75) is 18.8 Å². The summed E-state index contributed by atoms with van der Waals surface area (Å²) in [5, 5.41) is 24.0. The number of aromatic nitrogens is 3. The van der Waals surface area contributed by atoms with Gasteiger partial charge < -0.3 is 15.2 Å². The first kappa shape index (κ1) is 27.9. The molecule has 0 atom stereocenters. The average Bonchev–Trinajstić information content (AvgIpc) is 3.21. The van der Waals surface area contributed by atoms with E-state index < -0.39 is 53.0 Å². The molecule has 2 aromatic heterocycles. The van der Waals surface area contributed by atoms with Gasteiger partial charge in [-0.2, -0.15) is 27.7 Å². The van der Waals surface area contributed by atoms with Crippen molar-refractivity contribution in [1.82, 2.24) is 18.9 Å². The third-order valence-electron chi connectivity index (χ3n) is 5.74. The zero-order valence-electron chi connectivity index (χ0n) is 20.4. The van der Waals surface area contributed by atoms with Crippen LogP contribution in [0, 0.1) is 5.53 Å². The van der Waals surface area contributed by atoms with Gasteiger partial charge in [-0.15, -0.1) is 5.10 Å². The van der Waals surface area contributed by atoms with Crippen molar-refractivity contribution in [3.8, 4) is 22.9 Å². The van der Waals surface area contributed by atoms with E-state index in [4.69, 9.17) is 10.3 Å². The van der Waals surface area contributed by atoms with E-state index in [-0.39, 0.29) is 35.7 Å². The van der Waals surface area contributed by atoms with E-state index in [1.165, 1.54) is 31.4 Å². The second kappa shape index (κ2) is 10.5. The molecule has 1 aliphatic heterocycles. The molecule has 39 heavy (non-hydrogen) atoms. The minimum absolute atomic E-state index is 0.106. The van der Waals surface area contributed by atoms with Gasteiger partial charge >= 0.3 is 17.6 Å². The van der Waals surface area contributed by atoms with Gasteiger partial charge in [0.15, 0.2) is 5.11 Å². The lowest BCUT2D eigenvalue weighted by Crippen LogP contribution is -2.51. The second-order valence-corrected chi connectivity index (χ2v) is 10.4. The lowest BCUT2D eigenvalue weighted by Gasteiger charge is -2.26. The number of anilines is 1. The van der Waals surface area contributed by atoms with E-state index in [2.05, 4.69) is 30.4 Å². The number of sulfonamides is 1. The molecule has 0 amide bonds. The summed E-state index contributed by atoms with van der Waals surface area (Å²) in [6.45, 7) is -1.96. The van der Waals surface area contributed by atoms with Gasteiger partial charge in [0.05, 0.1) is 43.4 Å². The maximum Gasteiger partial charge on any atom is 0.390 e. The zero-order valence-corrected chi connectivity index (χ0v) is 21.3. The maximum atomic E-state index is 14.5. The molecule has 0 spiro atoms. The molecule has 0 unspecified atom stereocenters. The average molecular weight is 573 g/mol. The van der Waals surface area contributed by atoms with E-state index in [0.29, 0.717) is 15.4 Å². The van der Waals surface area contributed by atoms with Gasteiger partial charge in [-0.25, -0.2) is 22.7 Å². The minimum Gasteiger partial charge on any atom is -0.493 e. The zero-order chi connectivity index (χ0) is 28.5. The number of rotatable bonds is 8. The number of hydrogen-bond acceptors (Lipinski definition) is 10. The highest BCUT2D eigenvalue weighted by Crippen LogP contribution is 2.39. The van der Waals surface area contributed by atoms with Gasteiger partial charge in [0.25, 0.3) is 6.43 Å². The van der Waals surface area contributed by atoms with Gasteiger partial charge in [0.1, 0.15) is 11.2 Å². The topological polar surface area (TPSA) is 172 Å². The molecule has 3 N–H and O–H groups in total. The quantitative estimate of drug-likeness (QED) is 0.211. The van der Waals surface area contributed by atoms with Crippen molar-refractivity contribution in [2.75, 3.05) is 38.3 Å². The largest absolute Gasteiger partial charge is 0.493 e. The van der Waals surface area contributed by atoms with Crippen LogP contribution in [-0.4, -0.2) is 88.3 Å². The molecule has 3 heterocycles. The van der Waals surface area contributed by atoms with Crippen molar-refractivity contribution < 1.29 is 40.6 Å². The predicted molar refractivity (Wildman–Crippen MR) is 129 cm³/mol. The van der Waals surface area contributed by atoms with E-state index >= 15 is 0 Å². The van der Waals surface area contributed by atoms with Crippen molar-refractivity contribution in [2.24, 2.45) is 10.2 Å². The molecule has 1 fully saturated rings. The van der Waals surface area contributed by atoms with Crippen LogP contribution in [0.2, 0.25) is 0 Å². The second-order valence-electron chi connectivity index (χ2n) is 8.41. The summed E-state index contributed by atoms with van der Waals surface area (Å²) in [5.74, 6) is -4.54. The predicted octanol–water partition coefficient (Wildman–Crippen LogP) is 3.48. The monoisotopic (exact) mass is 572 g/mol. The number of halogens is 4. The minimum atomic E-state index is -3.82. The van der Waals surface area contributed by atoms with Crippen LogP contribution in [0.1, 0.15) is 6.42 Å². The number of fused-ring (bicyclic) bond motifs is 1. The fraction of sp³-hybridized carbons (Fsp3) is 0.381. The third-order valence-corrected chi connectivity index (χ3v) is 6.99. The van der Waals surface area contributed by atoms with Crippen LogP contribution in [-0.2, 0) is 10.0 Å². The van der Waals surface area contributed by atoms with Crippen LogP contribution in [0.3, 0.4) is 0 Å². The summed E-state index contributed by atoms with van der Waals surface area (Å²) in [6.07, 6.45) is -2.19. The van der Waals surface area contributed by atoms with E-state index in [1.54, 1.807) is 0 Å². The van der Waals surface area contributed by atoms with Crippen LogP contribution in [0.5, 0.6) is 11.8 Å². The Morgan fingerprint density at radius 2 is 2.08 bits per heavy atom. The fourth-order valence-electron chi connectivity index (χ4n) is 3.90. The lowest BCUT2D eigenvalue weighted by atomic mass is 10.1. The van der Waals surface area contributed by atoms with Gasteiger partial charge in [-0.3, -0.25) is 0 Å². The molecule has 1 saturated heterocycles. The Morgan fingerprint density at radius 3 is 2.69 bits per heavy atom. The molecule has 3 aromatic rings. The molecule has 1 aliphatic rings. The Kier molecular flexibility index (Phi) is 7.54. The number of aromatic hydroxyl groups is 1. The smallest absolute Gasteiger partial charge is 0.390 e. The molecule has 13 nitrogen and oxygen atoms in total. The Hall–Kier alpha value is -4.15. The molecule has 18 heteroatoms. The first-order valence-electron chi connectivity index (χ1n) is 11.2. The summed E-state index contributed by atoms with van der Waals surface area (Å²) < 4.78 is 84.7. The maximum absolute atomic E-state index is 14.5. The summed E-state index contributed by atoms with van der Waals surface area (Å²) in [4.78, 5) is 7.63. The number of hydrogen-bond donors (Lipinski definition) is 3. The van der Waals surface area contributed by atoms with Crippen LogP contribution < -0.4 is 10.1 Å². The molecular weight excluding hydrogens is 550 g/mol. The Balaban J connectivity index is 1.76. The Labute approximate surface area is 218 Å². The highest BCUT2D eigenvalue weighted by Gasteiger charge is 2.52. The van der Waals surface area contributed by atoms with Crippen molar-refractivity contribution in [1.29, 1.82) is 5.53 Å². The summed E-state index contributed by atoms with van der Waals surface area (Å²) in [7, 11) is -2.55. The first-order valence-corrected chi connectivity index (χ1v) is 13.0. The van der Waals surface area contributed by atoms with Crippen LogP contribution in [0.4, 0.5) is 34.9 Å². The summed E-state index contributed by atoms with van der Waals surface area (Å²) in [5.41, 5.74) is 7.71. The Bertz CT molecular complexity index is 1600. The van der Waals surface area contributed by atoms with Gasteiger partial charge in [0, 0.05) is 18.2 Å². The van der Waals surface area contributed by atoms with Crippen molar-refractivity contribution >= 4 is 38.6 Å². The van der Waals surface area contributed by atoms with Crippen LogP contribution in [0.15, 0.2) is 34.5 Å². The number of piperidine rings is 1. The number of alkyl halides is 4. The first-order chi connectivity index (χ1) is 18.3. The summed E-state index contributed by atoms with van der Waals surface area (Å²) >= 11 is 0. The highest BCUT2D eigenvalue weighted by atomic mass is 32.2. The van der Waals surface area contributed by atoms with Crippen LogP contribution in [0.25, 0.3) is 16.6 Å². The highest BCUT2D eigenvalue weighted by molar-refractivity contribution is 7.88. The molecule has 0 bridgehead atoms. The molecule has 1 aromatic carbocycles. The molecule has 208 valence electrons. The molecule has 0 saturated carbocycles. The number of nitrogens with zero attached hydrogens (tertiary/aromatic N) is 7. The van der Waals surface area contributed by atoms with E-state index in [0.717, 1.165) is 10.8 Å². The number of ether oxygens (including phenoxy) is 1. The van der Waals surface area contributed by atoms with Gasteiger partial charge in [-0.05, 0) is 17.7 Å². The fourth-order valence-corrected chi connectivity index (χ4v) is 4.72. The van der Waals surface area contributed by atoms with Crippen molar-refractivity contribution in [3.63, 3.8) is 0 Å². The normalized spacial score (nSPS) is 15.8. The van der Waals surface area contributed by atoms with E-state index in [1.807, 2.05) is 0 Å². The number of nitrogens with one attached hydrogen (secondary N) is 2. The van der Waals surface area contributed by atoms with Crippen LogP contribution >= 0.6 is 0 Å². The third kappa shape index (κ3) is 5.81. The SMILES string of the molecule is COc1nc(N=[N+]=C2CCN(S(C)(=O)=O)CC2(F)F)nn2c(O)cc(-c3ccc(N=N)c(NCC(F)F)c3)c12. The number of methoxy groups -OCH3 is 1. The summed E-state index contributed by atoms with van der Waals surface area (Å²) in [6, 6.07) is 5.68. The molecule has 0 radical (unpaired) electrons. The Morgan fingerprint density at radius 1 is 1.33 bits per heavy atom. The molecule has 0 aliphatic carbocycles. The van der Waals surface area contributed by atoms with Crippen molar-refractivity contribution in [3.05, 3.63) is 24.3 Å². The molecular formula is C21H22F4N9O4S+. The van der Waals surface area contributed by atoms with Gasteiger partial charge in [0.2, 0.25) is 21.8 Å². The standard InChI is InChI=1S/C21H21F4N9O4S/c1-38-19-18-12(11-3-4-13(29-26)14(7-11)27-9-16(22)23)8-17(35)34(18)32-20(28-19)31-30-15-5-6-33(39(2,36)37)10-21(15,24)25/h3-4,7-8,16H,5-6,9-10H2,1-2H3,(H2-,26,27,28,31,32,35)/p+1. The lowest BCUT2D eigenvalue weighted by molar-refractivity contribution is -0.117. The number of benzene rings is 1. The van der Waals surface area contributed by atoms with E-state index in [9.17, 15) is 31.1 Å². The molecule has 4 rings (SSSR count).